The van der Waals surface area contributed by atoms with Crippen molar-refractivity contribution in [3.63, 3.8) is 0 Å². The molecule has 0 aromatic carbocycles. The first kappa shape index (κ1) is 16.9. The van der Waals surface area contributed by atoms with Crippen molar-refractivity contribution < 1.29 is 8.42 Å². The molecule has 0 radical (unpaired) electrons. The molecule has 3 N–H and O–H groups in total. The predicted molar refractivity (Wildman–Crippen MR) is 79.8 cm³/mol. The van der Waals surface area contributed by atoms with Crippen LogP contribution < -0.4 is 10.5 Å². The van der Waals surface area contributed by atoms with Crippen molar-refractivity contribution in [3.8, 4) is 0 Å². The first-order valence-corrected chi connectivity index (χ1v) is 8.18. The van der Waals surface area contributed by atoms with E-state index >= 15 is 0 Å². The minimum absolute atomic E-state index is 0.0181. The molecule has 0 bridgehead atoms. The van der Waals surface area contributed by atoms with Gasteiger partial charge in [0.15, 0.2) is 5.82 Å². The number of nitrogens with zero attached hydrogens (tertiary/aromatic N) is 3. The molecule has 1 heterocycles. The third kappa shape index (κ3) is 4.19. The molecule has 0 aliphatic heterocycles. The topological polar surface area (TPSA) is 93.2 Å². The van der Waals surface area contributed by atoms with Crippen molar-refractivity contribution in [1.82, 2.24) is 19.4 Å². The van der Waals surface area contributed by atoms with Crippen LogP contribution in [0.3, 0.4) is 0 Å². The van der Waals surface area contributed by atoms with Crippen molar-refractivity contribution in [2.75, 3.05) is 18.8 Å². The number of anilines is 1. The highest BCUT2D eigenvalue weighted by Gasteiger charge is 2.21. The Balaban J connectivity index is 2.67. The maximum atomic E-state index is 12.1. The van der Waals surface area contributed by atoms with Gasteiger partial charge >= 0.3 is 0 Å². The van der Waals surface area contributed by atoms with Gasteiger partial charge in [0, 0.05) is 38.4 Å². The standard InChI is InChI=1S/C12H25N5O2S/c1-9(2)17(10(3)4)7-6-14-20(18,19)11-8-16(5)15-12(11)13/h8-10,14H,6-7H2,1-5H3,(H2,13,15). The van der Waals surface area contributed by atoms with E-state index in [4.69, 9.17) is 5.73 Å². The fourth-order valence-electron chi connectivity index (χ4n) is 2.19. The van der Waals surface area contributed by atoms with E-state index in [1.54, 1.807) is 7.05 Å². The molecule has 0 atom stereocenters. The van der Waals surface area contributed by atoms with Gasteiger partial charge in [-0.15, -0.1) is 0 Å². The third-order valence-corrected chi connectivity index (χ3v) is 4.58. The van der Waals surface area contributed by atoms with Gasteiger partial charge in [0.1, 0.15) is 4.90 Å². The third-order valence-electron chi connectivity index (χ3n) is 3.10. The van der Waals surface area contributed by atoms with E-state index in [0.29, 0.717) is 25.2 Å². The first-order chi connectivity index (χ1) is 9.15. The van der Waals surface area contributed by atoms with E-state index in [1.807, 2.05) is 0 Å². The molecular formula is C12H25N5O2S. The maximum absolute atomic E-state index is 12.1. The van der Waals surface area contributed by atoms with Gasteiger partial charge in [-0.1, -0.05) is 0 Å². The number of aryl methyl sites for hydroxylation is 1. The molecule has 20 heavy (non-hydrogen) atoms. The minimum Gasteiger partial charge on any atom is -0.381 e. The Morgan fingerprint density at radius 3 is 2.30 bits per heavy atom. The van der Waals surface area contributed by atoms with Gasteiger partial charge in [-0.3, -0.25) is 9.58 Å². The number of sulfonamides is 1. The van der Waals surface area contributed by atoms with E-state index in [0.717, 1.165) is 0 Å². The summed E-state index contributed by atoms with van der Waals surface area (Å²) in [6.45, 7) is 9.35. The number of rotatable bonds is 7. The summed E-state index contributed by atoms with van der Waals surface area (Å²) >= 11 is 0. The van der Waals surface area contributed by atoms with Crippen LogP contribution in [0.2, 0.25) is 0 Å². The van der Waals surface area contributed by atoms with E-state index in [2.05, 4.69) is 42.4 Å². The zero-order valence-electron chi connectivity index (χ0n) is 12.8. The zero-order chi connectivity index (χ0) is 15.5. The lowest BCUT2D eigenvalue weighted by Gasteiger charge is -2.30. The Morgan fingerprint density at radius 2 is 1.90 bits per heavy atom. The van der Waals surface area contributed by atoms with Crippen molar-refractivity contribution in [3.05, 3.63) is 6.20 Å². The fraction of sp³-hybridized carbons (Fsp3) is 0.750. The van der Waals surface area contributed by atoms with Crippen LogP contribution in [0, 0.1) is 0 Å². The van der Waals surface area contributed by atoms with E-state index in [-0.39, 0.29) is 10.7 Å². The SMILES string of the molecule is CC(C)N(CCNS(=O)(=O)c1cn(C)nc1N)C(C)C. The first-order valence-electron chi connectivity index (χ1n) is 6.69. The summed E-state index contributed by atoms with van der Waals surface area (Å²) in [5.74, 6) is 0.0181. The highest BCUT2D eigenvalue weighted by molar-refractivity contribution is 7.89. The molecule has 0 spiro atoms. The Kier molecular flexibility index (Phi) is 5.55. The lowest BCUT2D eigenvalue weighted by molar-refractivity contribution is 0.179. The van der Waals surface area contributed by atoms with Crippen LogP contribution >= 0.6 is 0 Å². The van der Waals surface area contributed by atoms with Gasteiger partial charge < -0.3 is 5.73 Å². The predicted octanol–water partition coefficient (Wildman–Crippen LogP) is 0.399. The summed E-state index contributed by atoms with van der Waals surface area (Å²) < 4.78 is 28.2. The van der Waals surface area contributed by atoms with Gasteiger partial charge in [-0.2, -0.15) is 5.10 Å². The molecule has 0 amide bonds. The smallest absolute Gasteiger partial charge is 0.245 e. The summed E-state index contributed by atoms with van der Waals surface area (Å²) in [6, 6.07) is 0.728. The molecule has 1 aromatic heterocycles. The Bertz CT molecular complexity index is 528. The zero-order valence-corrected chi connectivity index (χ0v) is 13.6. The summed E-state index contributed by atoms with van der Waals surface area (Å²) in [6.07, 6.45) is 1.40. The second kappa shape index (κ2) is 6.55. The number of nitrogens with two attached hydrogens (primary N) is 1. The van der Waals surface area contributed by atoms with Crippen LogP contribution in [0.15, 0.2) is 11.1 Å². The molecule has 8 heteroatoms. The van der Waals surface area contributed by atoms with Crippen LogP contribution in [0.25, 0.3) is 0 Å². The number of hydrogen-bond acceptors (Lipinski definition) is 5. The molecule has 1 rings (SSSR count). The highest BCUT2D eigenvalue weighted by atomic mass is 32.2. The summed E-state index contributed by atoms with van der Waals surface area (Å²) in [4.78, 5) is 2.25. The molecule has 0 aliphatic rings. The van der Waals surface area contributed by atoms with Crippen molar-refractivity contribution in [1.29, 1.82) is 0 Å². The van der Waals surface area contributed by atoms with E-state index in [9.17, 15) is 8.42 Å². The Hall–Kier alpha value is -1.12. The molecule has 7 nitrogen and oxygen atoms in total. The van der Waals surface area contributed by atoms with Crippen molar-refractivity contribution in [2.24, 2.45) is 7.05 Å². The Labute approximate surface area is 121 Å². The van der Waals surface area contributed by atoms with Crippen LogP contribution in [0.4, 0.5) is 5.82 Å². The van der Waals surface area contributed by atoms with Gasteiger partial charge in [0.05, 0.1) is 0 Å². The average Bonchev–Trinajstić information content (AvgIpc) is 2.63. The highest BCUT2D eigenvalue weighted by Crippen LogP contribution is 2.15. The van der Waals surface area contributed by atoms with E-state index in [1.165, 1.54) is 10.9 Å². The molecule has 0 unspecified atom stereocenters. The quantitative estimate of drug-likeness (QED) is 0.760. The minimum atomic E-state index is -3.60. The molecule has 1 aromatic rings. The lowest BCUT2D eigenvalue weighted by atomic mass is 10.2. The van der Waals surface area contributed by atoms with Gasteiger partial charge in [-0.25, -0.2) is 13.1 Å². The van der Waals surface area contributed by atoms with Gasteiger partial charge in [0.25, 0.3) is 0 Å². The number of aromatic nitrogens is 2. The maximum Gasteiger partial charge on any atom is 0.245 e. The van der Waals surface area contributed by atoms with Crippen LogP contribution in [0.5, 0.6) is 0 Å². The number of nitrogens with one attached hydrogen (secondary N) is 1. The molecule has 0 fully saturated rings. The largest absolute Gasteiger partial charge is 0.381 e. The summed E-state index contributed by atoms with van der Waals surface area (Å²) in [5, 5.41) is 3.84. The monoisotopic (exact) mass is 303 g/mol. The van der Waals surface area contributed by atoms with E-state index < -0.39 is 10.0 Å². The second-order valence-electron chi connectivity index (χ2n) is 5.38. The molecule has 116 valence electrons. The Morgan fingerprint density at radius 1 is 1.35 bits per heavy atom. The normalized spacial score (nSPS) is 12.8. The molecule has 0 saturated heterocycles. The van der Waals surface area contributed by atoms with Crippen molar-refractivity contribution >= 4 is 15.8 Å². The second-order valence-corrected chi connectivity index (χ2v) is 7.11. The molecular weight excluding hydrogens is 278 g/mol. The summed E-state index contributed by atoms with van der Waals surface area (Å²) in [7, 11) is -1.97. The van der Waals surface area contributed by atoms with Gasteiger partial charge in [-0.05, 0) is 27.7 Å². The van der Waals surface area contributed by atoms with Crippen molar-refractivity contribution in [2.45, 2.75) is 44.7 Å². The average molecular weight is 303 g/mol. The van der Waals surface area contributed by atoms with Gasteiger partial charge in [0.2, 0.25) is 10.0 Å². The molecule has 0 saturated carbocycles. The van der Waals surface area contributed by atoms with Crippen LogP contribution in [-0.2, 0) is 17.1 Å². The summed E-state index contributed by atoms with van der Waals surface area (Å²) in [5.41, 5.74) is 5.59. The van der Waals surface area contributed by atoms with Crippen LogP contribution in [-0.4, -0.2) is 48.3 Å². The number of hydrogen-bond donors (Lipinski definition) is 2. The fourth-order valence-corrected chi connectivity index (χ4v) is 3.31. The van der Waals surface area contributed by atoms with Crippen LogP contribution in [0.1, 0.15) is 27.7 Å². The lowest BCUT2D eigenvalue weighted by Crippen LogP contribution is -2.42. The molecule has 0 aliphatic carbocycles. The number of nitrogen functional groups attached to an aromatic ring is 1.